The summed E-state index contributed by atoms with van der Waals surface area (Å²) < 4.78 is 0. The van der Waals surface area contributed by atoms with Crippen molar-refractivity contribution >= 4 is 11.9 Å². The van der Waals surface area contributed by atoms with Crippen molar-refractivity contribution in [2.24, 2.45) is 10.9 Å². The van der Waals surface area contributed by atoms with Gasteiger partial charge in [-0.25, -0.2) is 0 Å². The van der Waals surface area contributed by atoms with Gasteiger partial charge in [0.1, 0.15) is 11.4 Å². The molecule has 0 amide bonds. The maximum Gasteiger partial charge on any atom is 0.144 e. The Morgan fingerprint density at radius 3 is 2.50 bits per heavy atom. The molecule has 2 nitrogen and oxygen atoms in total. The standard InChI is InChI=1S/C15H21NO.V/c1-11-8-12(2)15(17)14(9-11)16-10-13-6-4-3-5-7-13;/h8-10,13,17H,3-7H2,1-2H3;. The smallest absolute Gasteiger partial charge is 0.144 e. The molecule has 1 saturated carbocycles. The van der Waals surface area contributed by atoms with Gasteiger partial charge in [0.05, 0.1) is 0 Å². The summed E-state index contributed by atoms with van der Waals surface area (Å²) in [7, 11) is 0. The molecule has 0 heterocycles. The zero-order valence-corrected chi connectivity index (χ0v) is 12.6. The molecular formula is C15H21NOV. The van der Waals surface area contributed by atoms with Crippen molar-refractivity contribution in [1.82, 2.24) is 0 Å². The molecule has 3 heteroatoms. The van der Waals surface area contributed by atoms with Gasteiger partial charge in [0, 0.05) is 24.8 Å². The Balaban J connectivity index is 0.00000162. The first-order chi connectivity index (χ1) is 8.16. The number of phenolic OH excluding ortho intramolecular Hbond substituents is 1. The molecule has 97 valence electrons. The van der Waals surface area contributed by atoms with E-state index in [1.165, 1.54) is 32.1 Å². The van der Waals surface area contributed by atoms with E-state index in [0.29, 0.717) is 17.4 Å². The molecule has 1 fully saturated rings. The molecule has 0 aromatic heterocycles. The fraction of sp³-hybridized carbons (Fsp3) is 0.533. The average molecular weight is 282 g/mol. The number of aromatic hydroxyl groups is 1. The summed E-state index contributed by atoms with van der Waals surface area (Å²) in [6, 6.07) is 3.93. The second kappa shape index (κ2) is 7.01. The third-order valence-corrected chi connectivity index (χ3v) is 3.50. The Hall–Kier alpha value is -0.726. The van der Waals surface area contributed by atoms with Gasteiger partial charge in [-0.15, -0.1) is 0 Å². The molecule has 0 aliphatic heterocycles. The molecule has 0 spiro atoms. The Kier molecular flexibility index (Phi) is 5.97. The largest absolute Gasteiger partial charge is 0.505 e. The first-order valence-electron chi connectivity index (χ1n) is 6.51. The number of hydrogen-bond acceptors (Lipinski definition) is 2. The summed E-state index contributed by atoms with van der Waals surface area (Å²) in [5.41, 5.74) is 2.77. The van der Waals surface area contributed by atoms with Gasteiger partial charge in [-0.3, -0.25) is 4.99 Å². The van der Waals surface area contributed by atoms with Gasteiger partial charge < -0.3 is 5.11 Å². The van der Waals surface area contributed by atoms with Gasteiger partial charge in [0.2, 0.25) is 0 Å². The second-order valence-corrected chi connectivity index (χ2v) is 5.13. The summed E-state index contributed by atoms with van der Waals surface area (Å²) in [4.78, 5) is 4.48. The molecule has 1 aliphatic carbocycles. The molecule has 1 radical (unpaired) electrons. The van der Waals surface area contributed by atoms with Crippen LogP contribution in [0.25, 0.3) is 0 Å². The van der Waals surface area contributed by atoms with Crippen molar-refractivity contribution < 1.29 is 23.7 Å². The van der Waals surface area contributed by atoms with E-state index in [2.05, 4.69) is 4.99 Å². The van der Waals surface area contributed by atoms with Crippen LogP contribution in [0.15, 0.2) is 17.1 Å². The fourth-order valence-corrected chi connectivity index (χ4v) is 2.50. The maximum absolute atomic E-state index is 9.94. The molecule has 0 bridgehead atoms. The van der Waals surface area contributed by atoms with Crippen molar-refractivity contribution in [2.75, 3.05) is 0 Å². The number of hydrogen-bond donors (Lipinski definition) is 1. The van der Waals surface area contributed by atoms with Crippen LogP contribution in [0, 0.1) is 19.8 Å². The van der Waals surface area contributed by atoms with Crippen LogP contribution in [-0.4, -0.2) is 11.3 Å². The zero-order chi connectivity index (χ0) is 12.3. The molecule has 0 unspecified atom stereocenters. The Bertz CT molecular complexity index is 423. The SMILES string of the molecule is Cc1cc(C)c(O)c(N=CC2CCCCC2)c1.[V]. The Morgan fingerprint density at radius 2 is 1.83 bits per heavy atom. The first kappa shape index (κ1) is 15.3. The second-order valence-electron chi connectivity index (χ2n) is 5.13. The molecule has 1 aromatic rings. The van der Waals surface area contributed by atoms with Crippen molar-refractivity contribution in [3.05, 3.63) is 23.3 Å². The van der Waals surface area contributed by atoms with Crippen LogP contribution < -0.4 is 0 Å². The van der Waals surface area contributed by atoms with Crippen molar-refractivity contribution in [3.63, 3.8) is 0 Å². The third-order valence-electron chi connectivity index (χ3n) is 3.50. The number of aliphatic imine (C=N–C) groups is 1. The average Bonchev–Trinajstić information content (AvgIpc) is 2.33. The van der Waals surface area contributed by atoms with E-state index in [1.807, 2.05) is 32.2 Å². The van der Waals surface area contributed by atoms with E-state index in [-0.39, 0.29) is 18.6 Å². The van der Waals surface area contributed by atoms with Crippen LogP contribution in [0.3, 0.4) is 0 Å². The van der Waals surface area contributed by atoms with Crippen LogP contribution in [0.5, 0.6) is 5.75 Å². The molecule has 0 saturated heterocycles. The third kappa shape index (κ3) is 3.89. The minimum absolute atomic E-state index is 0. The van der Waals surface area contributed by atoms with E-state index in [4.69, 9.17) is 0 Å². The fourth-order valence-electron chi connectivity index (χ4n) is 2.50. The van der Waals surface area contributed by atoms with Gasteiger partial charge in [0.15, 0.2) is 0 Å². The van der Waals surface area contributed by atoms with E-state index in [9.17, 15) is 5.11 Å². The summed E-state index contributed by atoms with van der Waals surface area (Å²) in [6.07, 6.45) is 8.52. The predicted molar refractivity (Wildman–Crippen MR) is 72.3 cm³/mol. The van der Waals surface area contributed by atoms with Crippen molar-refractivity contribution in [2.45, 2.75) is 46.0 Å². The van der Waals surface area contributed by atoms with Crippen LogP contribution in [0.4, 0.5) is 5.69 Å². The summed E-state index contributed by atoms with van der Waals surface area (Å²) in [6.45, 7) is 3.95. The minimum Gasteiger partial charge on any atom is -0.505 e. The molecule has 1 N–H and O–H groups in total. The zero-order valence-electron chi connectivity index (χ0n) is 11.2. The predicted octanol–water partition coefficient (Wildman–Crippen LogP) is 4.29. The van der Waals surface area contributed by atoms with Crippen molar-refractivity contribution in [3.8, 4) is 5.75 Å². The van der Waals surface area contributed by atoms with Gasteiger partial charge in [-0.2, -0.15) is 0 Å². The Morgan fingerprint density at radius 1 is 1.17 bits per heavy atom. The van der Waals surface area contributed by atoms with E-state index < -0.39 is 0 Å². The number of rotatable bonds is 2. The summed E-state index contributed by atoms with van der Waals surface area (Å²) in [5.74, 6) is 0.923. The maximum atomic E-state index is 9.94. The van der Waals surface area contributed by atoms with Crippen LogP contribution in [-0.2, 0) is 18.6 Å². The summed E-state index contributed by atoms with van der Waals surface area (Å²) >= 11 is 0. The monoisotopic (exact) mass is 282 g/mol. The van der Waals surface area contributed by atoms with Gasteiger partial charge in [-0.05, 0) is 49.8 Å². The van der Waals surface area contributed by atoms with Crippen LogP contribution >= 0.6 is 0 Å². The van der Waals surface area contributed by atoms with E-state index in [1.54, 1.807) is 0 Å². The number of aryl methyl sites for hydroxylation is 2. The first-order valence-corrected chi connectivity index (χ1v) is 6.51. The van der Waals surface area contributed by atoms with Crippen LogP contribution in [0.1, 0.15) is 43.2 Å². The quantitative estimate of drug-likeness (QED) is 0.806. The Labute approximate surface area is 121 Å². The normalized spacial score (nSPS) is 16.8. The molecular weight excluding hydrogens is 261 g/mol. The van der Waals surface area contributed by atoms with Gasteiger partial charge >= 0.3 is 0 Å². The minimum atomic E-state index is 0. The number of benzene rings is 1. The van der Waals surface area contributed by atoms with E-state index in [0.717, 1.165) is 11.1 Å². The number of phenols is 1. The number of nitrogens with zero attached hydrogens (tertiary/aromatic N) is 1. The van der Waals surface area contributed by atoms with Gasteiger partial charge in [0.25, 0.3) is 0 Å². The molecule has 18 heavy (non-hydrogen) atoms. The molecule has 1 aromatic carbocycles. The topological polar surface area (TPSA) is 32.6 Å². The molecule has 2 rings (SSSR count). The van der Waals surface area contributed by atoms with Gasteiger partial charge in [-0.1, -0.05) is 25.3 Å². The van der Waals surface area contributed by atoms with Crippen LogP contribution in [0.2, 0.25) is 0 Å². The molecule has 0 atom stereocenters. The summed E-state index contributed by atoms with van der Waals surface area (Å²) in [5, 5.41) is 9.94. The van der Waals surface area contributed by atoms with E-state index >= 15 is 0 Å². The van der Waals surface area contributed by atoms with Crippen molar-refractivity contribution in [1.29, 1.82) is 0 Å². The molecule has 1 aliphatic rings.